The van der Waals surface area contributed by atoms with Crippen LogP contribution in [0.15, 0.2) is 61.2 Å². The molecular weight excluding hydrogens is 358 g/mol. The van der Waals surface area contributed by atoms with Crippen molar-refractivity contribution in [3.05, 3.63) is 66.7 Å². The van der Waals surface area contributed by atoms with E-state index in [-0.39, 0.29) is 17.4 Å². The number of aromatic nitrogens is 4. The number of nitrogens with one attached hydrogen (secondary N) is 2. The molecule has 0 atom stereocenters. The highest BCUT2D eigenvalue weighted by atomic mass is 16.5. The van der Waals surface area contributed by atoms with Crippen LogP contribution in [-0.2, 0) is 0 Å². The Labute approximate surface area is 160 Å². The molecule has 0 spiro atoms. The summed E-state index contributed by atoms with van der Waals surface area (Å²) < 4.78 is 6.97. The minimum Gasteiger partial charge on any atom is -0.496 e. The molecule has 4 aromatic rings. The first-order chi connectivity index (χ1) is 13.7. The number of fused-ring (bicyclic) bond motifs is 1. The van der Waals surface area contributed by atoms with Crippen molar-refractivity contribution < 1.29 is 9.53 Å². The fourth-order valence-electron chi connectivity index (χ4n) is 2.82. The van der Waals surface area contributed by atoms with E-state index in [1.165, 1.54) is 13.4 Å². The smallest absolute Gasteiger partial charge is 0.273 e. The first-order valence-corrected chi connectivity index (χ1v) is 8.41. The number of benzene rings is 2. The number of nitrogen functional groups attached to an aromatic ring is 1. The summed E-state index contributed by atoms with van der Waals surface area (Å²) in [4.78, 5) is 25.2. The lowest BCUT2D eigenvalue weighted by Gasteiger charge is -2.13. The Balaban J connectivity index is 1.60. The molecule has 0 saturated carbocycles. The van der Waals surface area contributed by atoms with Crippen molar-refractivity contribution in [2.45, 2.75) is 0 Å². The van der Waals surface area contributed by atoms with Gasteiger partial charge in [0, 0.05) is 0 Å². The van der Waals surface area contributed by atoms with E-state index in [4.69, 9.17) is 10.5 Å². The van der Waals surface area contributed by atoms with E-state index in [0.29, 0.717) is 17.1 Å². The number of anilines is 2. The predicted octanol–water partition coefficient (Wildman–Crippen LogP) is 2.16. The minimum absolute atomic E-state index is 0.269. The Morgan fingerprint density at radius 2 is 1.86 bits per heavy atom. The summed E-state index contributed by atoms with van der Waals surface area (Å²) >= 11 is 0. The van der Waals surface area contributed by atoms with Gasteiger partial charge in [0.25, 0.3) is 5.91 Å². The van der Waals surface area contributed by atoms with E-state index in [1.807, 2.05) is 24.3 Å². The molecule has 4 N–H and O–H groups in total. The zero-order valence-corrected chi connectivity index (χ0v) is 15.0. The Morgan fingerprint density at radius 1 is 1.07 bits per heavy atom. The third-order valence-electron chi connectivity index (χ3n) is 4.19. The molecule has 1 amide bonds. The number of hydrazine groups is 1. The van der Waals surface area contributed by atoms with Crippen LogP contribution in [0.3, 0.4) is 0 Å². The number of methoxy groups -OCH3 is 1. The van der Waals surface area contributed by atoms with Crippen LogP contribution in [0, 0.1) is 0 Å². The summed E-state index contributed by atoms with van der Waals surface area (Å²) in [6.45, 7) is 0. The molecule has 2 aromatic heterocycles. The van der Waals surface area contributed by atoms with E-state index in [0.717, 1.165) is 11.0 Å². The number of ether oxygens (including phenoxy) is 1. The number of carbonyl (C=O) groups is 1. The Hall–Kier alpha value is -4.14. The standard InChI is InChI=1S/C19H17N7O2/c1-28-15-9-5-2-6-12(15)19(27)25-24-17-16(20)18(22-10-21-17)26-11-23-13-7-3-4-8-14(13)26/h2-11H,20H2,1H3,(H,25,27)(H,21,22,24). The van der Waals surface area contributed by atoms with Crippen molar-refractivity contribution in [3.63, 3.8) is 0 Å². The molecule has 140 valence electrons. The second-order valence-corrected chi connectivity index (χ2v) is 5.84. The molecule has 28 heavy (non-hydrogen) atoms. The van der Waals surface area contributed by atoms with Gasteiger partial charge in [0.1, 0.15) is 24.1 Å². The summed E-state index contributed by atoms with van der Waals surface area (Å²) in [6, 6.07) is 14.5. The van der Waals surface area contributed by atoms with Gasteiger partial charge >= 0.3 is 0 Å². The molecule has 9 nitrogen and oxygen atoms in total. The van der Waals surface area contributed by atoms with E-state index >= 15 is 0 Å². The lowest BCUT2D eigenvalue weighted by Crippen LogP contribution is -2.30. The molecule has 0 unspecified atom stereocenters. The van der Waals surface area contributed by atoms with Gasteiger partial charge in [0.15, 0.2) is 11.6 Å². The maximum Gasteiger partial charge on any atom is 0.273 e. The second kappa shape index (κ2) is 7.23. The maximum atomic E-state index is 12.4. The number of hydrogen-bond donors (Lipinski definition) is 3. The number of para-hydroxylation sites is 3. The quantitative estimate of drug-likeness (QED) is 0.457. The number of rotatable bonds is 5. The van der Waals surface area contributed by atoms with Crippen LogP contribution in [0.4, 0.5) is 11.5 Å². The topological polar surface area (TPSA) is 120 Å². The van der Waals surface area contributed by atoms with Crippen molar-refractivity contribution >= 4 is 28.4 Å². The molecule has 0 bridgehead atoms. The zero-order valence-electron chi connectivity index (χ0n) is 15.0. The summed E-state index contributed by atoms with van der Waals surface area (Å²) in [5, 5.41) is 0. The maximum absolute atomic E-state index is 12.4. The van der Waals surface area contributed by atoms with Gasteiger partial charge in [-0.25, -0.2) is 15.0 Å². The highest BCUT2D eigenvalue weighted by Gasteiger charge is 2.15. The van der Waals surface area contributed by atoms with Crippen LogP contribution in [0.1, 0.15) is 10.4 Å². The minimum atomic E-state index is -0.384. The molecular formula is C19H17N7O2. The van der Waals surface area contributed by atoms with Gasteiger partial charge in [-0.2, -0.15) is 0 Å². The lowest BCUT2D eigenvalue weighted by molar-refractivity contribution is 0.0959. The van der Waals surface area contributed by atoms with Crippen LogP contribution >= 0.6 is 0 Å². The van der Waals surface area contributed by atoms with E-state index in [9.17, 15) is 4.79 Å². The van der Waals surface area contributed by atoms with Gasteiger partial charge in [-0.1, -0.05) is 24.3 Å². The normalized spacial score (nSPS) is 10.6. The third-order valence-corrected chi connectivity index (χ3v) is 4.19. The zero-order chi connectivity index (χ0) is 19.5. The third kappa shape index (κ3) is 3.05. The van der Waals surface area contributed by atoms with Gasteiger partial charge in [0.05, 0.1) is 23.7 Å². The number of imidazole rings is 1. The van der Waals surface area contributed by atoms with Crippen molar-refractivity contribution in [1.29, 1.82) is 0 Å². The van der Waals surface area contributed by atoms with E-state index in [1.54, 1.807) is 35.2 Å². The average molecular weight is 375 g/mol. The molecule has 0 fully saturated rings. The predicted molar refractivity (Wildman–Crippen MR) is 105 cm³/mol. The van der Waals surface area contributed by atoms with Gasteiger partial charge < -0.3 is 10.5 Å². The van der Waals surface area contributed by atoms with Crippen LogP contribution in [0.5, 0.6) is 5.75 Å². The van der Waals surface area contributed by atoms with Crippen LogP contribution < -0.4 is 21.3 Å². The van der Waals surface area contributed by atoms with Crippen molar-refractivity contribution in [2.75, 3.05) is 18.3 Å². The van der Waals surface area contributed by atoms with Gasteiger partial charge in [-0.05, 0) is 24.3 Å². The Morgan fingerprint density at radius 3 is 2.71 bits per heavy atom. The van der Waals surface area contributed by atoms with Crippen molar-refractivity contribution in [1.82, 2.24) is 24.9 Å². The summed E-state index contributed by atoms with van der Waals surface area (Å²) in [5.41, 5.74) is 13.9. The SMILES string of the molecule is COc1ccccc1C(=O)NNc1ncnc(-n2cnc3ccccc32)c1N. The molecule has 0 radical (unpaired) electrons. The lowest BCUT2D eigenvalue weighted by atomic mass is 10.2. The molecule has 0 aliphatic carbocycles. The number of carbonyl (C=O) groups excluding carboxylic acids is 1. The fourth-order valence-corrected chi connectivity index (χ4v) is 2.82. The Bertz CT molecular complexity index is 1160. The molecule has 9 heteroatoms. The van der Waals surface area contributed by atoms with E-state index in [2.05, 4.69) is 25.8 Å². The highest BCUT2D eigenvalue weighted by Crippen LogP contribution is 2.25. The second-order valence-electron chi connectivity index (χ2n) is 5.84. The van der Waals surface area contributed by atoms with Crippen LogP contribution in [0.25, 0.3) is 16.9 Å². The first kappa shape index (κ1) is 17.3. The summed E-state index contributed by atoms with van der Waals surface area (Å²) in [6.07, 6.45) is 3.00. The van der Waals surface area contributed by atoms with Gasteiger partial charge in [-0.15, -0.1) is 0 Å². The molecule has 0 aliphatic heterocycles. The summed E-state index contributed by atoms with van der Waals surface area (Å²) in [7, 11) is 1.50. The van der Waals surface area contributed by atoms with Crippen LogP contribution in [-0.4, -0.2) is 32.5 Å². The largest absolute Gasteiger partial charge is 0.496 e. The average Bonchev–Trinajstić information content (AvgIpc) is 3.16. The van der Waals surface area contributed by atoms with E-state index < -0.39 is 0 Å². The molecule has 2 heterocycles. The molecule has 0 saturated heterocycles. The Kier molecular flexibility index (Phi) is 4.47. The number of amides is 1. The number of nitrogens with zero attached hydrogens (tertiary/aromatic N) is 4. The summed E-state index contributed by atoms with van der Waals surface area (Å²) in [5.74, 6) is 0.803. The van der Waals surface area contributed by atoms with Crippen LogP contribution in [0.2, 0.25) is 0 Å². The molecule has 0 aliphatic rings. The molecule has 4 rings (SSSR count). The molecule has 2 aromatic carbocycles. The number of hydrogen-bond acceptors (Lipinski definition) is 7. The first-order valence-electron chi connectivity index (χ1n) is 8.41. The van der Waals surface area contributed by atoms with Gasteiger partial charge in [0.2, 0.25) is 0 Å². The fraction of sp³-hybridized carbons (Fsp3) is 0.0526. The van der Waals surface area contributed by atoms with Gasteiger partial charge in [-0.3, -0.25) is 20.2 Å². The van der Waals surface area contributed by atoms with Crippen molar-refractivity contribution in [3.8, 4) is 11.6 Å². The monoisotopic (exact) mass is 375 g/mol. The highest BCUT2D eigenvalue weighted by molar-refractivity contribution is 5.97. The number of nitrogens with two attached hydrogens (primary N) is 1. The van der Waals surface area contributed by atoms with Crippen molar-refractivity contribution in [2.24, 2.45) is 0 Å².